The predicted octanol–water partition coefficient (Wildman–Crippen LogP) is 2.66. The minimum atomic E-state index is -0.524. The molecule has 0 radical (unpaired) electrons. The maximum Gasteiger partial charge on any atom is 0.282 e. The average molecular weight is 399 g/mol. The van der Waals surface area contributed by atoms with Gasteiger partial charge in [-0.15, -0.1) is 0 Å². The number of nitrogens with zero attached hydrogens (tertiary/aromatic N) is 5. The van der Waals surface area contributed by atoms with Gasteiger partial charge in [0.1, 0.15) is 5.56 Å². The van der Waals surface area contributed by atoms with Crippen LogP contribution in [-0.4, -0.2) is 56.9 Å². The summed E-state index contributed by atoms with van der Waals surface area (Å²) in [5.41, 5.74) is 0.889. The number of carbonyl (C=O) groups is 1. The van der Waals surface area contributed by atoms with Crippen molar-refractivity contribution in [2.45, 2.75) is 6.54 Å². The molecule has 28 heavy (non-hydrogen) atoms. The molecule has 1 aliphatic rings. The molecule has 9 nitrogen and oxygen atoms in total. The molecule has 3 heterocycles. The number of thiophene rings is 1. The van der Waals surface area contributed by atoms with Crippen molar-refractivity contribution in [1.29, 1.82) is 0 Å². The summed E-state index contributed by atoms with van der Waals surface area (Å²) in [4.78, 5) is 31.5. The fourth-order valence-electron chi connectivity index (χ4n) is 3.11. The molecule has 1 aliphatic heterocycles. The fourth-order valence-corrected chi connectivity index (χ4v) is 3.75. The third-order valence-corrected chi connectivity index (χ3v) is 5.28. The Morgan fingerprint density at radius 1 is 1.21 bits per heavy atom. The third-order valence-electron chi connectivity index (χ3n) is 4.60. The van der Waals surface area contributed by atoms with E-state index in [-0.39, 0.29) is 17.2 Å². The van der Waals surface area contributed by atoms with Gasteiger partial charge in [0.15, 0.2) is 0 Å². The van der Waals surface area contributed by atoms with Gasteiger partial charge in [0.2, 0.25) is 11.7 Å². The normalized spacial score (nSPS) is 14.9. The van der Waals surface area contributed by atoms with E-state index in [1.807, 2.05) is 16.8 Å². The molecule has 2 aromatic heterocycles. The lowest BCUT2D eigenvalue weighted by molar-refractivity contribution is -0.385. The van der Waals surface area contributed by atoms with Gasteiger partial charge >= 0.3 is 0 Å². The molecule has 0 saturated carbocycles. The first-order valence-corrected chi connectivity index (χ1v) is 9.66. The summed E-state index contributed by atoms with van der Waals surface area (Å²) in [6, 6.07) is 7.98. The van der Waals surface area contributed by atoms with Crippen molar-refractivity contribution in [1.82, 2.24) is 19.9 Å². The zero-order valence-electron chi connectivity index (χ0n) is 14.9. The summed E-state index contributed by atoms with van der Waals surface area (Å²) in [6.45, 7) is 2.72. The minimum absolute atomic E-state index is 0.123. The Hall–Kier alpha value is -3.11. The molecule has 0 N–H and O–H groups in total. The monoisotopic (exact) mass is 399 g/mol. The second-order valence-electron chi connectivity index (χ2n) is 6.37. The largest absolute Gasteiger partial charge is 0.338 e. The molecule has 0 aliphatic carbocycles. The molecule has 1 saturated heterocycles. The second kappa shape index (κ2) is 7.87. The topological polar surface area (TPSA) is 106 Å². The van der Waals surface area contributed by atoms with Crippen molar-refractivity contribution in [3.8, 4) is 11.4 Å². The van der Waals surface area contributed by atoms with Crippen LogP contribution >= 0.6 is 11.3 Å². The summed E-state index contributed by atoms with van der Waals surface area (Å²) >= 11 is 1.57. The van der Waals surface area contributed by atoms with Gasteiger partial charge in [0.05, 0.1) is 11.5 Å². The predicted molar refractivity (Wildman–Crippen MR) is 102 cm³/mol. The number of hydrogen-bond acceptors (Lipinski definition) is 8. The molecule has 4 rings (SSSR count). The number of aromatic nitrogens is 2. The molecule has 10 heteroatoms. The standard InChI is InChI=1S/C18H17N5O4S/c24-18(14-3-1-2-4-15(14)23(25)26)22-8-6-21(7-9-22)11-16-19-17(20-27-16)13-5-10-28-12-13/h1-5,10,12H,6-9,11H2. The summed E-state index contributed by atoms with van der Waals surface area (Å²) < 4.78 is 5.32. The van der Waals surface area contributed by atoms with Crippen LogP contribution in [0.3, 0.4) is 0 Å². The molecule has 0 atom stereocenters. The highest BCUT2D eigenvalue weighted by molar-refractivity contribution is 7.08. The molecule has 1 aromatic carbocycles. The first-order valence-electron chi connectivity index (χ1n) is 8.72. The Bertz CT molecular complexity index is 980. The van der Waals surface area contributed by atoms with Gasteiger partial charge in [0, 0.05) is 43.2 Å². The van der Waals surface area contributed by atoms with E-state index in [9.17, 15) is 14.9 Å². The number of hydrogen-bond donors (Lipinski definition) is 0. The number of nitro benzene ring substituents is 1. The lowest BCUT2D eigenvalue weighted by atomic mass is 10.1. The van der Waals surface area contributed by atoms with Crippen LogP contribution in [0.25, 0.3) is 11.4 Å². The quantitative estimate of drug-likeness (QED) is 0.480. The van der Waals surface area contributed by atoms with Crippen LogP contribution in [0.2, 0.25) is 0 Å². The van der Waals surface area contributed by atoms with Gasteiger partial charge in [0.25, 0.3) is 11.6 Å². The summed E-state index contributed by atoms with van der Waals surface area (Å²) in [6.07, 6.45) is 0. The van der Waals surface area contributed by atoms with E-state index in [4.69, 9.17) is 4.52 Å². The third kappa shape index (κ3) is 3.78. The van der Waals surface area contributed by atoms with E-state index in [1.165, 1.54) is 12.1 Å². The van der Waals surface area contributed by atoms with Crippen molar-refractivity contribution < 1.29 is 14.2 Å². The van der Waals surface area contributed by atoms with E-state index in [0.29, 0.717) is 44.4 Å². The van der Waals surface area contributed by atoms with E-state index in [2.05, 4.69) is 15.0 Å². The number of amides is 1. The maximum atomic E-state index is 12.7. The van der Waals surface area contributed by atoms with Crippen molar-refractivity contribution in [2.24, 2.45) is 0 Å². The molecule has 0 spiro atoms. The summed E-state index contributed by atoms with van der Waals surface area (Å²) in [7, 11) is 0. The number of para-hydroxylation sites is 1. The molecule has 0 bridgehead atoms. The van der Waals surface area contributed by atoms with Crippen molar-refractivity contribution in [3.05, 3.63) is 62.7 Å². The second-order valence-corrected chi connectivity index (χ2v) is 7.15. The molecular formula is C18H17N5O4S. The van der Waals surface area contributed by atoms with E-state index < -0.39 is 4.92 Å². The Balaban J connectivity index is 1.36. The van der Waals surface area contributed by atoms with E-state index >= 15 is 0 Å². The smallest absolute Gasteiger partial charge is 0.282 e. The molecule has 1 fully saturated rings. The number of carbonyl (C=O) groups excluding carboxylic acids is 1. The average Bonchev–Trinajstić information content (AvgIpc) is 3.40. The first-order chi connectivity index (χ1) is 13.6. The summed E-state index contributed by atoms with van der Waals surface area (Å²) in [5, 5.41) is 19.1. The Morgan fingerprint density at radius 2 is 2.00 bits per heavy atom. The van der Waals surface area contributed by atoms with E-state index in [0.717, 1.165) is 5.56 Å². The SMILES string of the molecule is O=C(c1ccccc1[N+](=O)[O-])N1CCN(Cc2nc(-c3ccsc3)no2)CC1. The van der Waals surface area contributed by atoms with Gasteiger partial charge < -0.3 is 9.42 Å². The number of nitro groups is 1. The zero-order chi connectivity index (χ0) is 19.5. The Labute approximate surface area is 164 Å². The number of rotatable bonds is 5. The fraction of sp³-hybridized carbons (Fsp3) is 0.278. The van der Waals surface area contributed by atoms with E-state index in [1.54, 1.807) is 28.4 Å². The van der Waals surface area contributed by atoms with Crippen LogP contribution in [-0.2, 0) is 6.54 Å². The van der Waals surface area contributed by atoms with Crippen LogP contribution < -0.4 is 0 Å². The van der Waals surface area contributed by atoms with Crippen LogP contribution in [0.4, 0.5) is 5.69 Å². The van der Waals surface area contributed by atoms with Crippen LogP contribution in [0, 0.1) is 10.1 Å². The first kappa shape index (κ1) is 18.3. The Kier molecular flexibility index (Phi) is 5.13. The van der Waals surface area contributed by atoms with Crippen LogP contribution in [0.15, 0.2) is 45.6 Å². The van der Waals surface area contributed by atoms with Crippen LogP contribution in [0.1, 0.15) is 16.2 Å². The summed E-state index contributed by atoms with van der Waals surface area (Å²) in [5.74, 6) is 0.783. The molecule has 144 valence electrons. The highest BCUT2D eigenvalue weighted by Crippen LogP contribution is 2.21. The lowest BCUT2D eigenvalue weighted by Gasteiger charge is -2.33. The van der Waals surface area contributed by atoms with Crippen molar-refractivity contribution in [3.63, 3.8) is 0 Å². The molecule has 1 amide bonds. The van der Waals surface area contributed by atoms with Gasteiger partial charge in [-0.25, -0.2) is 0 Å². The van der Waals surface area contributed by atoms with Gasteiger partial charge in [-0.05, 0) is 17.5 Å². The highest BCUT2D eigenvalue weighted by atomic mass is 32.1. The molecule has 0 unspecified atom stereocenters. The van der Waals surface area contributed by atoms with Gasteiger partial charge in [-0.3, -0.25) is 19.8 Å². The van der Waals surface area contributed by atoms with Crippen molar-refractivity contribution in [2.75, 3.05) is 26.2 Å². The van der Waals surface area contributed by atoms with Crippen molar-refractivity contribution >= 4 is 22.9 Å². The highest BCUT2D eigenvalue weighted by Gasteiger charge is 2.27. The van der Waals surface area contributed by atoms with Gasteiger partial charge in [-0.1, -0.05) is 17.3 Å². The number of benzene rings is 1. The Morgan fingerprint density at radius 3 is 2.71 bits per heavy atom. The maximum absolute atomic E-state index is 12.7. The zero-order valence-corrected chi connectivity index (χ0v) is 15.7. The van der Waals surface area contributed by atoms with Gasteiger partial charge in [-0.2, -0.15) is 16.3 Å². The lowest BCUT2D eigenvalue weighted by Crippen LogP contribution is -2.48. The van der Waals surface area contributed by atoms with Crippen LogP contribution in [0.5, 0.6) is 0 Å². The molecule has 3 aromatic rings. The molecular weight excluding hydrogens is 382 g/mol. The number of piperazine rings is 1. The minimum Gasteiger partial charge on any atom is -0.338 e.